The number of carbonyl (C=O) groups excluding carboxylic acids is 1. The number of aliphatic hydroxyl groups is 1. The van der Waals surface area contributed by atoms with Crippen LogP contribution in [-0.4, -0.2) is 73.4 Å². The Morgan fingerprint density at radius 1 is 0.427 bits per heavy atom. The van der Waals surface area contributed by atoms with Crippen LogP contribution in [0.3, 0.4) is 0 Å². The Hall–Kier alpha value is -2.32. The van der Waals surface area contributed by atoms with Gasteiger partial charge in [-0.25, -0.2) is 4.57 Å². The summed E-state index contributed by atoms with van der Waals surface area (Å²) in [5.41, 5.74) is 0. The minimum Gasteiger partial charge on any atom is -0.387 e. The molecule has 0 rings (SSSR count). The van der Waals surface area contributed by atoms with E-state index >= 15 is 0 Å². The average molecular weight is 1170 g/mol. The fraction of sp³-hybridized carbons (Fsp3) is 0.795. The number of aliphatic hydroxyl groups excluding tert-OH is 1. The third-order valence-corrected chi connectivity index (χ3v) is 16.6. The highest BCUT2D eigenvalue weighted by Gasteiger charge is 2.28. The molecule has 3 atom stereocenters. The number of hydrogen-bond donors (Lipinski definition) is 3. The molecule has 82 heavy (non-hydrogen) atoms. The van der Waals surface area contributed by atoms with Crippen LogP contribution >= 0.6 is 7.82 Å². The van der Waals surface area contributed by atoms with Crippen LogP contribution in [0.15, 0.2) is 85.1 Å². The maximum absolute atomic E-state index is 13.0. The van der Waals surface area contributed by atoms with E-state index in [1.54, 1.807) is 6.08 Å². The Balaban J connectivity index is 4.12. The van der Waals surface area contributed by atoms with Crippen molar-refractivity contribution in [1.82, 2.24) is 5.32 Å². The van der Waals surface area contributed by atoms with Crippen molar-refractivity contribution in [3.05, 3.63) is 85.1 Å². The highest BCUT2D eigenvalue weighted by molar-refractivity contribution is 7.47. The molecule has 0 spiro atoms. The lowest BCUT2D eigenvalue weighted by molar-refractivity contribution is -0.870. The fourth-order valence-electron chi connectivity index (χ4n) is 10.2. The van der Waals surface area contributed by atoms with Crippen molar-refractivity contribution >= 4 is 13.7 Å². The van der Waals surface area contributed by atoms with Crippen LogP contribution in [0.1, 0.15) is 322 Å². The number of hydrogen-bond acceptors (Lipinski definition) is 5. The van der Waals surface area contributed by atoms with Crippen LogP contribution in [0.5, 0.6) is 0 Å². The van der Waals surface area contributed by atoms with Crippen LogP contribution < -0.4 is 5.32 Å². The number of carbonyl (C=O) groups is 1. The molecule has 3 unspecified atom stereocenters. The van der Waals surface area contributed by atoms with E-state index in [0.29, 0.717) is 17.4 Å². The Morgan fingerprint density at radius 3 is 1.12 bits per heavy atom. The van der Waals surface area contributed by atoms with Gasteiger partial charge in [0.1, 0.15) is 13.2 Å². The van der Waals surface area contributed by atoms with Crippen molar-refractivity contribution in [3.8, 4) is 0 Å². The molecule has 0 fully saturated rings. The SMILES string of the molecule is CC/C=C\C/C=C\C/C=C\C/C=C\CCCCCCCCCCCCCCCCCCCCC(=O)NC(COP(=O)(O)OCC[N+](C)(C)C)C(O)/C=C/CC/C=C/CC/C=C/CCCCCCCCCCCCCCCCCCCCC. The van der Waals surface area contributed by atoms with Crippen molar-refractivity contribution in [2.45, 2.75) is 334 Å². The molecule has 0 aromatic heterocycles. The number of unbranched alkanes of at least 4 members (excludes halogenated alkanes) is 39. The molecule has 9 heteroatoms. The molecule has 0 aromatic rings. The summed E-state index contributed by atoms with van der Waals surface area (Å²) in [5, 5.41) is 14.0. The first-order chi connectivity index (χ1) is 40.0. The van der Waals surface area contributed by atoms with Gasteiger partial charge in [-0.2, -0.15) is 0 Å². The maximum atomic E-state index is 13.0. The summed E-state index contributed by atoms with van der Waals surface area (Å²) in [6.07, 6.45) is 90.2. The molecular formula is C73H136N2O6P+. The maximum Gasteiger partial charge on any atom is 0.472 e. The van der Waals surface area contributed by atoms with E-state index in [-0.39, 0.29) is 19.1 Å². The normalized spacial score (nSPS) is 14.2. The molecule has 0 heterocycles. The number of likely N-dealkylation sites (N-methyl/N-ethyl adjacent to an activating group) is 1. The van der Waals surface area contributed by atoms with Crippen LogP contribution in [0.4, 0.5) is 0 Å². The number of nitrogens with zero attached hydrogens (tertiary/aromatic N) is 1. The molecule has 0 saturated carbocycles. The molecule has 0 saturated heterocycles. The van der Waals surface area contributed by atoms with Crippen molar-refractivity contribution < 1.29 is 32.9 Å². The van der Waals surface area contributed by atoms with Crippen LogP contribution in [0.2, 0.25) is 0 Å². The Morgan fingerprint density at radius 2 is 0.744 bits per heavy atom. The lowest BCUT2D eigenvalue weighted by atomic mass is 10.0. The van der Waals surface area contributed by atoms with Crippen molar-refractivity contribution in [2.24, 2.45) is 0 Å². The minimum atomic E-state index is -4.37. The van der Waals surface area contributed by atoms with E-state index in [9.17, 15) is 19.4 Å². The first kappa shape index (κ1) is 79.7. The number of rotatable bonds is 64. The van der Waals surface area contributed by atoms with Gasteiger partial charge in [0, 0.05) is 6.42 Å². The molecule has 0 aliphatic carbocycles. The minimum absolute atomic E-state index is 0.0519. The quantitative estimate of drug-likeness (QED) is 0.0243. The smallest absolute Gasteiger partial charge is 0.387 e. The van der Waals surface area contributed by atoms with E-state index < -0.39 is 20.0 Å². The summed E-state index contributed by atoms with van der Waals surface area (Å²) >= 11 is 0. The molecule has 0 radical (unpaired) electrons. The van der Waals surface area contributed by atoms with E-state index in [1.165, 1.54) is 231 Å². The number of phosphoric ester groups is 1. The molecule has 0 aromatic carbocycles. The van der Waals surface area contributed by atoms with Crippen molar-refractivity contribution in [2.75, 3.05) is 40.9 Å². The van der Waals surface area contributed by atoms with Gasteiger partial charge >= 0.3 is 7.82 Å². The zero-order valence-corrected chi connectivity index (χ0v) is 55.6. The Bertz CT molecular complexity index is 1610. The molecule has 8 nitrogen and oxygen atoms in total. The molecular weight excluding hydrogens is 1030 g/mol. The largest absolute Gasteiger partial charge is 0.472 e. The summed E-state index contributed by atoms with van der Waals surface area (Å²) in [4.78, 5) is 23.4. The second kappa shape index (κ2) is 63.2. The van der Waals surface area contributed by atoms with Gasteiger partial charge in [-0.15, -0.1) is 0 Å². The van der Waals surface area contributed by atoms with Gasteiger partial charge in [0.15, 0.2) is 0 Å². The lowest BCUT2D eigenvalue weighted by Crippen LogP contribution is -2.45. The third-order valence-electron chi connectivity index (χ3n) is 15.6. The molecule has 1 amide bonds. The van der Waals surface area contributed by atoms with Gasteiger partial charge in [-0.3, -0.25) is 13.8 Å². The molecule has 0 aliphatic heterocycles. The third kappa shape index (κ3) is 65.2. The topological polar surface area (TPSA) is 105 Å². The lowest BCUT2D eigenvalue weighted by Gasteiger charge is -2.25. The molecule has 3 N–H and O–H groups in total. The molecule has 478 valence electrons. The number of amides is 1. The van der Waals surface area contributed by atoms with Gasteiger partial charge in [0.05, 0.1) is 39.9 Å². The summed E-state index contributed by atoms with van der Waals surface area (Å²) in [7, 11) is 1.55. The average Bonchev–Trinajstić information content (AvgIpc) is 3.47. The van der Waals surface area contributed by atoms with E-state index in [1.807, 2.05) is 27.2 Å². The number of quaternary nitrogens is 1. The zero-order valence-electron chi connectivity index (χ0n) is 54.7. The standard InChI is InChI=1S/C73H135N2O6P/c1-6-8-10-12-14-16-18-20-22-24-26-28-30-32-34-36-37-39-41-43-45-47-49-51-53-55-57-59-61-63-65-67-73(77)74-71(70-81-82(78,79)80-69-68-75(3,4)5)72(76)66-64-62-60-58-56-54-52-50-48-46-44-42-40-38-35-33-31-29-27-25-23-21-19-17-15-13-11-9-7-2/h8,10,14,16,20,22,26,28,48,50,56,58,64,66,71-72,76H,6-7,9,11-13,15,17-19,21,23-25,27,29-47,49,51-55,57,59-63,65,67-70H2,1-5H3,(H-,74,77,78,79)/p+1/b10-8-,16-14-,22-20-,28-26-,50-48+,58-56+,66-64+. The van der Waals surface area contributed by atoms with Gasteiger partial charge in [-0.05, 0) is 83.5 Å². The van der Waals surface area contributed by atoms with Crippen LogP contribution in [0, 0.1) is 0 Å². The van der Waals surface area contributed by atoms with Crippen molar-refractivity contribution in [1.29, 1.82) is 0 Å². The van der Waals surface area contributed by atoms with Crippen LogP contribution in [-0.2, 0) is 18.4 Å². The predicted octanol–water partition coefficient (Wildman–Crippen LogP) is 22.3. The predicted molar refractivity (Wildman–Crippen MR) is 360 cm³/mol. The van der Waals surface area contributed by atoms with Crippen molar-refractivity contribution in [3.63, 3.8) is 0 Å². The summed E-state index contributed by atoms with van der Waals surface area (Å²) < 4.78 is 23.8. The first-order valence-corrected chi connectivity index (χ1v) is 36.5. The van der Waals surface area contributed by atoms with Gasteiger partial charge in [0.25, 0.3) is 0 Å². The van der Waals surface area contributed by atoms with E-state index in [0.717, 1.165) is 70.6 Å². The van der Waals surface area contributed by atoms with Crippen LogP contribution in [0.25, 0.3) is 0 Å². The molecule has 0 bridgehead atoms. The fourth-order valence-corrected chi connectivity index (χ4v) is 10.9. The van der Waals surface area contributed by atoms with E-state index in [2.05, 4.69) is 92.1 Å². The second-order valence-electron chi connectivity index (χ2n) is 24.9. The summed E-state index contributed by atoms with van der Waals surface area (Å²) in [6, 6.07) is -0.875. The number of allylic oxidation sites excluding steroid dienone is 13. The monoisotopic (exact) mass is 1170 g/mol. The number of phosphoric acid groups is 1. The Labute approximate surface area is 509 Å². The van der Waals surface area contributed by atoms with Gasteiger partial charge in [0.2, 0.25) is 5.91 Å². The number of nitrogens with one attached hydrogen (secondary N) is 1. The second-order valence-corrected chi connectivity index (χ2v) is 26.3. The molecule has 0 aliphatic rings. The van der Waals surface area contributed by atoms with E-state index in [4.69, 9.17) is 9.05 Å². The summed E-state index contributed by atoms with van der Waals surface area (Å²) in [6.45, 7) is 4.71. The Kier molecular flexibility index (Phi) is 61.4. The van der Waals surface area contributed by atoms with Gasteiger partial charge < -0.3 is 19.8 Å². The van der Waals surface area contributed by atoms with Gasteiger partial charge in [-0.1, -0.05) is 317 Å². The highest BCUT2D eigenvalue weighted by Crippen LogP contribution is 2.43. The zero-order chi connectivity index (χ0) is 59.8. The summed E-state index contributed by atoms with van der Waals surface area (Å²) in [5.74, 6) is -0.188. The first-order valence-electron chi connectivity index (χ1n) is 35.0. The highest BCUT2D eigenvalue weighted by atomic mass is 31.2.